The molecule has 2 aromatic carbocycles. The van der Waals surface area contributed by atoms with Gasteiger partial charge in [0.15, 0.2) is 0 Å². The van der Waals surface area contributed by atoms with E-state index in [0.29, 0.717) is 23.9 Å². The van der Waals surface area contributed by atoms with Crippen LogP contribution in [0.4, 0.5) is 0 Å². The van der Waals surface area contributed by atoms with Crippen LogP contribution < -0.4 is 15.7 Å². The van der Waals surface area contributed by atoms with Crippen molar-refractivity contribution in [3.63, 3.8) is 0 Å². The van der Waals surface area contributed by atoms with Crippen molar-refractivity contribution in [3.05, 3.63) is 98.9 Å². The van der Waals surface area contributed by atoms with Gasteiger partial charge in [-0.3, -0.25) is 9.59 Å². The molecule has 0 spiro atoms. The SMILES string of the molecule is CCOc1ccccc1/C=N\NC(=O)c1cccn(Cc2cccc(Cl)c2)c1=O. The van der Waals surface area contributed by atoms with Crippen LogP contribution in [0.25, 0.3) is 0 Å². The molecule has 0 fully saturated rings. The number of benzene rings is 2. The monoisotopic (exact) mass is 409 g/mol. The molecule has 0 bridgehead atoms. The van der Waals surface area contributed by atoms with Crippen molar-refractivity contribution in [1.29, 1.82) is 0 Å². The van der Waals surface area contributed by atoms with Gasteiger partial charge in [0.1, 0.15) is 11.3 Å². The molecular weight excluding hydrogens is 390 g/mol. The van der Waals surface area contributed by atoms with Crippen molar-refractivity contribution in [2.24, 2.45) is 5.10 Å². The summed E-state index contributed by atoms with van der Waals surface area (Å²) >= 11 is 5.99. The summed E-state index contributed by atoms with van der Waals surface area (Å²) in [4.78, 5) is 25.1. The lowest BCUT2D eigenvalue weighted by molar-refractivity contribution is 0.0953. The fourth-order valence-electron chi connectivity index (χ4n) is 2.76. The Morgan fingerprint density at radius 2 is 2.00 bits per heavy atom. The summed E-state index contributed by atoms with van der Waals surface area (Å²) in [6, 6.07) is 17.7. The van der Waals surface area contributed by atoms with Crippen LogP contribution in [0.3, 0.4) is 0 Å². The molecule has 0 aliphatic heterocycles. The fourth-order valence-corrected chi connectivity index (χ4v) is 2.97. The average molecular weight is 410 g/mol. The molecule has 1 heterocycles. The van der Waals surface area contributed by atoms with Gasteiger partial charge in [-0.1, -0.05) is 35.9 Å². The van der Waals surface area contributed by atoms with E-state index in [1.165, 1.54) is 16.8 Å². The van der Waals surface area contributed by atoms with Crippen LogP contribution in [0.1, 0.15) is 28.4 Å². The smallest absolute Gasteiger partial charge is 0.276 e. The van der Waals surface area contributed by atoms with Crippen molar-refractivity contribution in [2.45, 2.75) is 13.5 Å². The number of carbonyl (C=O) groups excluding carboxylic acids is 1. The van der Waals surface area contributed by atoms with E-state index in [0.717, 1.165) is 11.1 Å². The minimum absolute atomic E-state index is 0.00442. The molecular formula is C22H20ClN3O3. The van der Waals surface area contributed by atoms with Gasteiger partial charge in [0.05, 0.1) is 19.4 Å². The molecule has 0 radical (unpaired) electrons. The van der Waals surface area contributed by atoms with Crippen molar-refractivity contribution in [1.82, 2.24) is 9.99 Å². The maximum Gasteiger partial charge on any atom is 0.276 e. The van der Waals surface area contributed by atoms with Gasteiger partial charge in [0, 0.05) is 16.8 Å². The number of ether oxygens (including phenoxy) is 1. The van der Waals surface area contributed by atoms with Crippen LogP contribution in [0, 0.1) is 0 Å². The predicted octanol–water partition coefficient (Wildman–Crippen LogP) is 3.71. The Kier molecular flexibility index (Phi) is 6.81. The highest BCUT2D eigenvalue weighted by molar-refractivity contribution is 6.30. The summed E-state index contributed by atoms with van der Waals surface area (Å²) in [5.74, 6) is 0.0807. The van der Waals surface area contributed by atoms with E-state index < -0.39 is 11.5 Å². The first kappa shape index (κ1) is 20.4. The first-order valence-corrected chi connectivity index (χ1v) is 9.45. The van der Waals surface area contributed by atoms with Crippen molar-refractivity contribution >= 4 is 23.7 Å². The lowest BCUT2D eigenvalue weighted by Crippen LogP contribution is -2.30. The summed E-state index contributed by atoms with van der Waals surface area (Å²) in [7, 11) is 0. The Bertz CT molecular complexity index is 1090. The maximum atomic E-state index is 12.7. The third-order valence-electron chi connectivity index (χ3n) is 4.10. The number of aromatic nitrogens is 1. The summed E-state index contributed by atoms with van der Waals surface area (Å²) < 4.78 is 6.97. The summed E-state index contributed by atoms with van der Waals surface area (Å²) in [6.07, 6.45) is 3.11. The second-order valence-electron chi connectivity index (χ2n) is 6.15. The standard InChI is InChI=1S/C22H20ClN3O3/c1-2-29-20-11-4-3-8-17(20)14-24-25-21(27)19-10-6-12-26(22(19)28)15-16-7-5-9-18(23)13-16/h3-14H,2,15H2,1H3,(H,25,27)/b24-14-. The Morgan fingerprint density at radius 3 is 2.79 bits per heavy atom. The van der Waals surface area contributed by atoms with Crippen molar-refractivity contribution < 1.29 is 9.53 Å². The van der Waals surface area contributed by atoms with E-state index in [4.69, 9.17) is 16.3 Å². The van der Waals surface area contributed by atoms with E-state index in [9.17, 15) is 9.59 Å². The minimum atomic E-state index is -0.583. The third-order valence-corrected chi connectivity index (χ3v) is 4.33. The number of amides is 1. The molecule has 3 aromatic rings. The number of hydrogen-bond donors (Lipinski definition) is 1. The largest absolute Gasteiger partial charge is 0.493 e. The Hall–Kier alpha value is -3.38. The molecule has 7 heteroatoms. The van der Waals surface area contributed by atoms with E-state index in [2.05, 4.69) is 10.5 Å². The second-order valence-corrected chi connectivity index (χ2v) is 6.59. The number of rotatable bonds is 7. The molecule has 0 saturated carbocycles. The van der Waals surface area contributed by atoms with Crippen LogP contribution in [0.2, 0.25) is 5.02 Å². The van der Waals surface area contributed by atoms with Gasteiger partial charge in [-0.05, 0) is 48.9 Å². The minimum Gasteiger partial charge on any atom is -0.493 e. The zero-order valence-corrected chi connectivity index (χ0v) is 16.6. The molecule has 0 atom stereocenters. The first-order chi connectivity index (χ1) is 14.1. The van der Waals surface area contributed by atoms with Crippen molar-refractivity contribution in [2.75, 3.05) is 6.61 Å². The van der Waals surface area contributed by atoms with Crippen LogP contribution >= 0.6 is 11.6 Å². The lowest BCUT2D eigenvalue weighted by atomic mass is 10.2. The maximum absolute atomic E-state index is 12.7. The van der Waals surface area contributed by atoms with Crippen LogP contribution in [0.15, 0.2) is 76.8 Å². The van der Waals surface area contributed by atoms with Gasteiger partial charge >= 0.3 is 0 Å². The van der Waals surface area contributed by atoms with Gasteiger partial charge in [-0.25, -0.2) is 5.43 Å². The molecule has 29 heavy (non-hydrogen) atoms. The summed E-state index contributed by atoms with van der Waals surface area (Å²) in [5, 5.41) is 4.55. The van der Waals surface area contributed by atoms with E-state index in [1.54, 1.807) is 24.4 Å². The molecule has 3 rings (SSSR count). The average Bonchev–Trinajstić information content (AvgIpc) is 2.71. The van der Waals surface area contributed by atoms with Crippen LogP contribution in [-0.4, -0.2) is 23.3 Å². The number of nitrogens with zero attached hydrogens (tertiary/aromatic N) is 2. The predicted molar refractivity (Wildman–Crippen MR) is 114 cm³/mol. The molecule has 1 N–H and O–H groups in total. The van der Waals surface area contributed by atoms with Gasteiger partial charge in [0.2, 0.25) is 0 Å². The van der Waals surface area contributed by atoms with Crippen LogP contribution in [0.5, 0.6) is 5.75 Å². The quantitative estimate of drug-likeness (QED) is 0.477. The zero-order chi connectivity index (χ0) is 20.6. The number of pyridine rings is 1. The summed E-state index contributed by atoms with van der Waals surface area (Å²) in [5.41, 5.74) is 3.58. The normalized spacial score (nSPS) is 10.8. The van der Waals surface area contributed by atoms with Crippen molar-refractivity contribution in [3.8, 4) is 5.75 Å². The highest BCUT2D eigenvalue weighted by Crippen LogP contribution is 2.15. The molecule has 0 saturated heterocycles. The number of halogens is 1. The number of nitrogens with one attached hydrogen (secondary N) is 1. The Morgan fingerprint density at radius 1 is 1.17 bits per heavy atom. The molecule has 148 valence electrons. The topological polar surface area (TPSA) is 72.7 Å². The van der Waals surface area contributed by atoms with E-state index in [1.807, 2.05) is 43.3 Å². The molecule has 0 aliphatic carbocycles. The number of para-hydroxylation sites is 1. The van der Waals surface area contributed by atoms with Gasteiger partial charge in [-0.15, -0.1) is 0 Å². The summed E-state index contributed by atoms with van der Waals surface area (Å²) in [6.45, 7) is 2.72. The van der Waals surface area contributed by atoms with Crippen LogP contribution in [-0.2, 0) is 6.54 Å². The fraction of sp³-hybridized carbons (Fsp3) is 0.136. The Balaban J connectivity index is 1.74. The second kappa shape index (κ2) is 9.71. The number of hydrazone groups is 1. The molecule has 1 amide bonds. The highest BCUT2D eigenvalue weighted by atomic mass is 35.5. The molecule has 0 aliphatic rings. The number of carbonyl (C=O) groups is 1. The zero-order valence-electron chi connectivity index (χ0n) is 15.8. The lowest BCUT2D eigenvalue weighted by Gasteiger charge is -2.08. The Labute approximate surface area is 173 Å². The number of hydrogen-bond acceptors (Lipinski definition) is 4. The van der Waals surface area contributed by atoms with E-state index in [-0.39, 0.29) is 5.56 Å². The highest BCUT2D eigenvalue weighted by Gasteiger charge is 2.12. The molecule has 1 aromatic heterocycles. The van der Waals surface area contributed by atoms with Gasteiger partial charge < -0.3 is 9.30 Å². The third kappa shape index (κ3) is 5.33. The van der Waals surface area contributed by atoms with E-state index >= 15 is 0 Å². The molecule has 0 unspecified atom stereocenters. The molecule has 6 nitrogen and oxygen atoms in total. The first-order valence-electron chi connectivity index (χ1n) is 9.07. The van der Waals surface area contributed by atoms with Gasteiger partial charge in [-0.2, -0.15) is 5.10 Å². The van der Waals surface area contributed by atoms with Gasteiger partial charge in [0.25, 0.3) is 11.5 Å².